The number of rotatable bonds is 6. The zero-order valence-corrected chi connectivity index (χ0v) is 15.2. The Morgan fingerprint density at radius 1 is 1.35 bits per heavy atom. The molecule has 0 aliphatic carbocycles. The van der Waals surface area contributed by atoms with Crippen molar-refractivity contribution < 1.29 is 13.9 Å². The van der Waals surface area contributed by atoms with Crippen LogP contribution >= 0.6 is 0 Å². The highest BCUT2D eigenvalue weighted by Crippen LogP contribution is 2.24. The normalized spacial score (nSPS) is 11.8. The predicted octanol–water partition coefficient (Wildman–Crippen LogP) is 5.39. The van der Waals surface area contributed by atoms with Crippen molar-refractivity contribution in [2.75, 3.05) is 6.61 Å². The molecule has 0 aromatic carbocycles. The van der Waals surface area contributed by atoms with E-state index in [0.717, 1.165) is 24.8 Å². The molecular formula is C20H28O3. The van der Waals surface area contributed by atoms with Crippen LogP contribution in [-0.4, -0.2) is 12.6 Å². The van der Waals surface area contributed by atoms with Gasteiger partial charge in [0.05, 0.1) is 12.2 Å². The second-order valence-corrected chi connectivity index (χ2v) is 6.56. The third kappa shape index (κ3) is 6.36. The molecule has 3 heteroatoms. The van der Waals surface area contributed by atoms with Crippen LogP contribution < -0.4 is 0 Å². The maximum atomic E-state index is 11.9. The van der Waals surface area contributed by atoms with Crippen LogP contribution in [0.25, 0.3) is 5.57 Å². The lowest BCUT2D eigenvalue weighted by Crippen LogP contribution is -2.04. The van der Waals surface area contributed by atoms with Crippen molar-refractivity contribution in [3.05, 3.63) is 29.2 Å². The number of esters is 1. The fraction of sp³-hybridized carbons (Fsp3) is 0.550. The third-order valence-corrected chi connectivity index (χ3v) is 3.16. The molecule has 0 fully saturated rings. The molecule has 0 spiro atoms. The molecule has 3 nitrogen and oxygen atoms in total. The van der Waals surface area contributed by atoms with Crippen molar-refractivity contribution in [2.24, 2.45) is 5.41 Å². The highest BCUT2D eigenvalue weighted by atomic mass is 16.5. The lowest BCUT2D eigenvalue weighted by atomic mass is 9.97. The van der Waals surface area contributed by atoms with Crippen molar-refractivity contribution in [1.82, 2.24) is 0 Å². The molecule has 23 heavy (non-hydrogen) atoms. The molecule has 0 radical (unpaired) electrons. The molecule has 1 aromatic rings. The summed E-state index contributed by atoms with van der Waals surface area (Å²) in [5.41, 5.74) is 1.22. The summed E-state index contributed by atoms with van der Waals surface area (Å²) in [6.07, 6.45) is 5.27. The first kappa shape index (κ1) is 19.1. The van der Waals surface area contributed by atoms with E-state index in [0.29, 0.717) is 23.7 Å². The maximum absolute atomic E-state index is 11.9. The van der Waals surface area contributed by atoms with Crippen LogP contribution in [0.15, 0.2) is 16.6 Å². The molecule has 0 aliphatic heterocycles. The van der Waals surface area contributed by atoms with Gasteiger partial charge in [-0.05, 0) is 47.1 Å². The first-order valence-electron chi connectivity index (χ1n) is 8.29. The molecule has 126 valence electrons. The standard InChI is InChI=1S/C20H28O3/c1-7-9-10-11-16(12-13-20(4,5)6)18-14-17(15(3)23-18)19(21)22-8-2/h11,14H,7-10H2,1-6H3/b16-11+. The van der Waals surface area contributed by atoms with Gasteiger partial charge in [0.25, 0.3) is 0 Å². The topological polar surface area (TPSA) is 39.4 Å². The van der Waals surface area contributed by atoms with E-state index in [1.165, 1.54) is 0 Å². The Bertz CT molecular complexity index is 616. The molecular weight excluding hydrogens is 288 g/mol. The first-order chi connectivity index (χ1) is 10.8. The quantitative estimate of drug-likeness (QED) is 0.401. The molecule has 0 atom stereocenters. The average molecular weight is 316 g/mol. The van der Waals surface area contributed by atoms with Gasteiger partial charge in [-0.3, -0.25) is 0 Å². The molecule has 0 amide bonds. The van der Waals surface area contributed by atoms with Gasteiger partial charge < -0.3 is 9.15 Å². The average Bonchev–Trinajstić information content (AvgIpc) is 2.84. The van der Waals surface area contributed by atoms with E-state index in [9.17, 15) is 4.79 Å². The minimum absolute atomic E-state index is 0.0878. The largest absolute Gasteiger partial charge is 0.462 e. The van der Waals surface area contributed by atoms with Gasteiger partial charge >= 0.3 is 5.97 Å². The number of carbonyl (C=O) groups is 1. The molecule has 1 rings (SSSR count). The summed E-state index contributed by atoms with van der Waals surface area (Å²) in [5, 5.41) is 0. The Balaban J connectivity index is 3.16. The molecule has 0 saturated carbocycles. The van der Waals surface area contributed by atoms with E-state index >= 15 is 0 Å². The molecule has 0 saturated heterocycles. The van der Waals surface area contributed by atoms with Crippen molar-refractivity contribution in [1.29, 1.82) is 0 Å². The fourth-order valence-corrected chi connectivity index (χ4v) is 1.94. The highest BCUT2D eigenvalue weighted by Gasteiger charge is 2.17. The van der Waals surface area contributed by atoms with E-state index < -0.39 is 0 Å². The highest BCUT2D eigenvalue weighted by molar-refractivity contribution is 5.92. The Kier molecular flexibility index (Phi) is 7.16. The number of ether oxygens (including phenoxy) is 1. The van der Waals surface area contributed by atoms with E-state index in [4.69, 9.17) is 9.15 Å². The van der Waals surface area contributed by atoms with Crippen molar-refractivity contribution in [3.63, 3.8) is 0 Å². The second kappa shape index (κ2) is 8.62. The molecule has 0 N–H and O–H groups in total. The summed E-state index contributed by atoms with van der Waals surface area (Å²) >= 11 is 0. The smallest absolute Gasteiger partial charge is 0.341 e. The van der Waals surface area contributed by atoms with Crippen LogP contribution in [-0.2, 0) is 4.74 Å². The summed E-state index contributed by atoms with van der Waals surface area (Å²) < 4.78 is 10.8. The fourth-order valence-electron chi connectivity index (χ4n) is 1.94. The molecule has 1 heterocycles. The monoisotopic (exact) mass is 316 g/mol. The number of aryl methyl sites for hydroxylation is 1. The maximum Gasteiger partial charge on any atom is 0.341 e. The number of carbonyl (C=O) groups excluding carboxylic acids is 1. The van der Waals surface area contributed by atoms with Crippen molar-refractivity contribution in [3.8, 4) is 11.8 Å². The van der Waals surface area contributed by atoms with Gasteiger partial charge in [-0.25, -0.2) is 4.79 Å². The van der Waals surface area contributed by atoms with Gasteiger partial charge in [-0.15, -0.1) is 0 Å². The Labute approximate surface area is 140 Å². The Morgan fingerprint density at radius 3 is 2.61 bits per heavy atom. The summed E-state index contributed by atoms with van der Waals surface area (Å²) in [4.78, 5) is 11.9. The second-order valence-electron chi connectivity index (χ2n) is 6.56. The Morgan fingerprint density at radius 2 is 2.04 bits per heavy atom. The third-order valence-electron chi connectivity index (χ3n) is 3.16. The van der Waals surface area contributed by atoms with E-state index in [2.05, 4.69) is 45.6 Å². The minimum atomic E-state index is -0.350. The molecule has 0 unspecified atom stereocenters. The summed E-state index contributed by atoms with van der Waals surface area (Å²) in [7, 11) is 0. The zero-order valence-electron chi connectivity index (χ0n) is 15.2. The van der Waals surface area contributed by atoms with Crippen molar-refractivity contribution >= 4 is 11.5 Å². The van der Waals surface area contributed by atoms with Gasteiger partial charge in [-0.1, -0.05) is 37.7 Å². The van der Waals surface area contributed by atoms with Crippen LogP contribution in [0.4, 0.5) is 0 Å². The lowest BCUT2D eigenvalue weighted by molar-refractivity contribution is 0.0524. The molecule has 0 bridgehead atoms. The van der Waals surface area contributed by atoms with Crippen LogP contribution in [0.2, 0.25) is 0 Å². The number of hydrogen-bond donors (Lipinski definition) is 0. The van der Waals surface area contributed by atoms with Crippen molar-refractivity contribution in [2.45, 2.75) is 60.8 Å². The van der Waals surface area contributed by atoms with Crippen LogP contribution in [0.5, 0.6) is 0 Å². The van der Waals surface area contributed by atoms with Crippen LogP contribution in [0, 0.1) is 24.2 Å². The number of allylic oxidation sites excluding steroid dienone is 2. The molecule has 0 aliphatic rings. The summed E-state index contributed by atoms with van der Waals surface area (Å²) in [6, 6.07) is 1.74. The minimum Gasteiger partial charge on any atom is -0.462 e. The van der Waals surface area contributed by atoms with E-state index in [-0.39, 0.29) is 11.4 Å². The number of hydrogen-bond acceptors (Lipinski definition) is 3. The predicted molar refractivity (Wildman–Crippen MR) is 94.1 cm³/mol. The van der Waals surface area contributed by atoms with Gasteiger partial charge in [0.15, 0.2) is 0 Å². The van der Waals surface area contributed by atoms with Crippen LogP contribution in [0.1, 0.15) is 75.8 Å². The van der Waals surface area contributed by atoms with E-state index in [1.807, 2.05) is 0 Å². The van der Waals surface area contributed by atoms with Crippen LogP contribution in [0.3, 0.4) is 0 Å². The summed E-state index contributed by atoms with van der Waals surface area (Å²) in [6.45, 7) is 12.3. The molecule has 1 aromatic heterocycles. The van der Waals surface area contributed by atoms with E-state index in [1.54, 1.807) is 19.9 Å². The first-order valence-corrected chi connectivity index (χ1v) is 8.29. The number of furan rings is 1. The number of unbranched alkanes of at least 4 members (excludes halogenated alkanes) is 2. The lowest BCUT2D eigenvalue weighted by Gasteiger charge is -2.07. The van der Waals surface area contributed by atoms with Gasteiger partial charge in [0.1, 0.15) is 17.1 Å². The Hall–Kier alpha value is -1.95. The SMILES string of the molecule is CCCC/C=C(\C#CC(C)(C)C)c1cc(C(=O)OCC)c(C)o1. The summed E-state index contributed by atoms with van der Waals surface area (Å²) in [5.74, 6) is 7.30. The van der Waals surface area contributed by atoms with Gasteiger partial charge in [0.2, 0.25) is 0 Å². The zero-order chi connectivity index (χ0) is 17.5. The van der Waals surface area contributed by atoms with Gasteiger partial charge in [0, 0.05) is 5.41 Å². The van der Waals surface area contributed by atoms with Gasteiger partial charge in [-0.2, -0.15) is 0 Å².